The van der Waals surface area contributed by atoms with E-state index in [2.05, 4.69) is 10.4 Å². The van der Waals surface area contributed by atoms with Crippen LogP contribution in [0.3, 0.4) is 0 Å². The summed E-state index contributed by atoms with van der Waals surface area (Å²) in [7, 11) is 0. The van der Waals surface area contributed by atoms with Crippen molar-refractivity contribution in [3.8, 4) is 11.5 Å². The molecule has 0 spiro atoms. The van der Waals surface area contributed by atoms with Gasteiger partial charge in [0.2, 0.25) is 5.91 Å². The number of nitrogens with zero attached hydrogens (tertiary/aromatic N) is 5. The molecule has 35 heavy (non-hydrogen) atoms. The first kappa shape index (κ1) is 22.3. The lowest BCUT2D eigenvalue weighted by molar-refractivity contribution is -0.119. The van der Waals surface area contributed by atoms with E-state index in [4.69, 9.17) is 5.10 Å². The number of nitrogens with one attached hydrogen (secondary N) is 1. The summed E-state index contributed by atoms with van der Waals surface area (Å²) < 4.78 is 4.85. The number of para-hydroxylation sites is 1. The third-order valence-electron chi connectivity index (χ3n) is 6.34. The van der Waals surface area contributed by atoms with E-state index in [1.807, 2.05) is 91.5 Å². The molecule has 0 saturated heterocycles. The lowest BCUT2D eigenvalue weighted by Gasteiger charge is -2.17. The van der Waals surface area contributed by atoms with Gasteiger partial charge in [-0.05, 0) is 69.2 Å². The second-order valence-electron chi connectivity index (χ2n) is 8.63. The molecular weight excluding hydrogens is 440 g/mol. The molecule has 8 nitrogen and oxygen atoms in total. The third-order valence-corrected chi connectivity index (χ3v) is 6.34. The van der Waals surface area contributed by atoms with Crippen LogP contribution in [0.25, 0.3) is 22.4 Å². The zero-order valence-corrected chi connectivity index (χ0v) is 20.1. The normalized spacial score (nSPS) is 12.1. The van der Waals surface area contributed by atoms with Crippen LogP contribution in [0.15, 0.2) is 77.9 Å². The van der Waals surface area contributed by atoms with Crippen LogP contribution in [0.4, 0.5) is 5.69 Å². The maximum atomic E-state index is 13.8. The van der Waals surface area contributed by atoms with Gasteiger partial charge in [0.25, 0.3) is 5.56 Å². The standard InChI is InChI=1S/C27H26N6O2/c1-17-11-10-14-22(18(17)2)28-25(34)20(4)32-27(35)23-24(19(3)29-32)30-33(21-12-6-5-7-13-21)26(23)31-15-8-9-16-31/h5-16,20H,1-4H3,(H,28,34)/t20-/m0/s1. The number of amides is 1. The number of rotatable bonds is 5. The molecule has 0 saturated carbocycles. The number of hydrogen-bond acceptors (Lipinski definition) is 4. The smallest absolute Gasteiger partial charge is 0.280 e. The largest absolute Gasteiger partial charge is 0.324 e. The highest BCUT2D eigenvalue weighted by Gasteiger charge is 2.25. The van der Waals surface area contributed by atoms with E-state index in [0.717, 1.165) is 22.5 Å². The zero-order valence-electron chi connectivity index (χ0n) is 20.1. The Morgan fingerprint density at radius 3 is 2.34 bits per heavy atom. The van der Waals surface area contributed by atoms with E-state index in [1.165, 1.54) is 4.68 Å². The van der Waals surface area contributed by atoms with Gasteiger partial charge in [0.15, 0.2) is 5.82 Å². The molecule has 1 N–H and O–H groups in total. The summed E-state index contributed by atoms with van der Waals surface area (Å²) in [6.07, 6.45) is 3.73. The predicted octanol–water partition coefficient (Wildman–Crippen LogP) is 4.50. The highest BCUT2D eigenvalue weighted by Crippen LogP contribution is 2.25. The Kier molecular flexibility index (Phi) is 5.56. The monoisotopic (exact) mass is 466 g/mol. The Labute approximate surface area is 202 Å². The summed E-state index contributed by atoms with van der Waals surface area (Å²) >= 11 is 0. The lowest BCUT2D eigenvalue weighted by Crippen LogP contribution is -2.34. The Hall–Kier alpha value is -4.46. The van der Waals surface area contributed by atoms with Crippen LogP contribution >= 0.6 is 0 Å². The number of benzene rings is 2. The number of aryl methyl sites for hydroxylation is 2. The zero-order chi connectivity index (χ0) is 24.7. The molecule has 0 bridgehead atoms. The topological polar surface area (TPSA) is 86.7 Å². The van der Waals surface area contributed by atoms with E-state index in [-0.39, 0.29) is 11.5 Å². The molecule has 0 aliphatic heterocycles. The second-order valence-corrected chi connectivity index (χ2v) is 8.63. The molecule has 1 atom stereocenters. The Bertz CT molecular complexity index is 1600. The lowest BCUT2D eigenvalue weighted by atomic mass is 10.1. The number of carbonyl (C=O) groups is 1. The van der Waals surface area contributed by atoms with Crippen molar-refractivity contribution in [2.24, 2.45) is 0 Å². The quantitative estimate of drug-likeness (QED) is 0.413. The Balaban J connectivity index is 1.66. The van der Waals surface area contributed by atoms with Gasteiger partial charge in [-0.1, -0.05) is 30.3 Å². The fourth-order valence-electron chi connectivity index (χ4n) is 4.19. The number of anilines is 1. The molecule has 0 unspecified atom stereocenters. The van der Waals surface area contributed by atoms with Crippen molar-refractivity contribution in [3.63, 3.8) is 0 Å². The average molecular weight is 467 g/mol. The Morgan fingerprint density at radius 2 is 1.63 bits per heavy atom. The van der Waals surface area contributed by atoms with Crippen molar-refractivity contribution in [3.05, 3.63) is 100 Å². The van der Waals surface area contributed by atoms with Crippen molar-refractivity contribution in [2.75, 3.05) is 5.32 Å². The number of hydrogen-bond donors (Lipinski definition) is 1. The maximum absolute atomic E-state index is 13.8. The predicted molar refractivity (Wildman–Crippen MR) is 136 cm³/mol. The van der Waals surface area contributed by atoms with Crippen molar-refractivity contribution < 1.29 is 4.79 Å². The van der Waals surface area contributed by atoms with E-state index < -0.39 is 6.04 Å². The van der Waals surface area contributed by atoms with Crippen molar-refractivity contribution in [1.29, 1.82) is 0 Å². The molecule has 0 radical (unpaired) electrons. The summed E-state index contributed by atoms with van der Waals surface area (Å²) in [5, 5.41) is 12.6. The van der Waals surface area contributed by atoms with Crippen LogP contribution in [0.1, 0.15) is 29.8 Å². The summed E-state index contributed by atoms with van der Waals surface area (Å²) in [5.41, 5.74) is 4.29. The van der Waals surface area contributed by atoms with Gasteiger partial charge < -0.3 is 9.88 Å². The van der Waals surface area contributed by atoms with Crippen LogP contribution in [0.5, 0.6) is 0 Å². The first-order chi connectivity index (χ1) is 16.9. The van der Waals surface area contributed by atoms with E-state index in [0.29, 0.717) is 22.4 Å². The maximum Gasteiger partial charge on any atom is 0.280 e. The molecule has 0 fully saturated rings. The van der Waals surface area contributed by atoms with Crippen LogP contribution in [-0.4, -0.2) is 30.0 Å². The molecule has 5 rings (SSSR count). The van der Waals surface area contributed by atoms with Gasteiger partial charge >= 0.3 is 0 Å². The van der Waals surface area contributed by atoms with Gasteiger partial charge in [-0.15, -0.1) is 0 Å². The molecule has 0 aliphatic carbocycles. The van der Waals surface area contributed by atoms with Gasteiger partial charge in [0.05, 0.1) is 11.4 Å². The second kappa shape index (κ2) is 8.72. The third kappa shape index (κ3) is 3.82. The highest BCUT2D eigenvalue weighted by molar-refractivity contribution is 5.95. The van der Waals surface area contributed by atoms with Crippen LogP contribution < -0.4 is 10.9 Å². The summed E-state index contributed by atoms with van der Waals surface area (Å²) in [4.78, 5) is 27.0. The first-order valence-electron chi connectivity index (χ1n) is 11.4. The molecule has 8 heteroatoms. The molecule has 0 aliphatic rings. The minimum absolute atomic E-state index is 0.315. The van der Waals surface area contributed by atoms with Gasteiger partial charge in [0.1, 0.15) is 16.9 Å². The molecular formula is C27H26N6O2. The molecule has 2 aromatic carbocycles. The number of carbonyl (C=O) groups excluding carboxylic acids is 1. The fourth-order valence-corrected chi connectivity index (χ4v) is 4.19. The first-order valence-corrected chi connectivity index (χ1v) is 11.4. The van der Waals surface area contributed by atoms with Crippen molar-refractivity contribution in [1.82, 2.24) is 24.1 Å². The molecule has 5 aromatic rings. The summed E-state index contributed by atoms with van der Waals surface area (Å²) in [6, 6.07) is 18.3. The Morgan fingerprint density at radius 1 is 0.914 bits per heavy atom. The van der Waals surface area contributed by atoms with Crippen LogP contribution in [-0.2, 0) is 4.79 Å². The molecule has 1 amide bonds. The summed E-state index contributed by atoms with van der Waals surface area (Å²) in [5.74, 6) is 0.285. The highest BCUT2D eigenvalue weighted by atomic mass is 16.2. The summed E-state index contributed by atoms with van der Waals surface area (Å²) in [6.45, 7) is 7.43. The average Bonchev–Trinajstić information content (AvgIpc) is 3.52. The van der Waals surface area contributed by atoms with Crippen molar-refractivity contribution >= 4 is 22.5 Å². The number of fused-ring (bicyclic) bond motifs is 1. The van der Waals surface area contributed by atoms with Crippen LogP contribution in [0, 0.1) is 20.8 Å². The molecule has 3 aromatic heterocycles. The fraction of sp³-hybridized carbons (Fsp3) is 0.185. The van der Waals surface area contributed by atoms with E-state index >= 15 is 0 Å². The van der Waals surface area contributed by atoms with Gasteiger partial charge in [-0.2, -0.15) is 10.2 Å². The van der Waals surface area contributed by atoms with Crippen molar-refractivity contribution in [2.45, 2.75) is 33.7 Å². The van der Waals surface area contributed by atoms with Gasteiger partial charge in [0, 0.05) is 18.1 Å². The van der Waals surface area contributed by atoms with Gasteiger partial charge in [-0.3, -0.25) is 9.59 Å². The van der Waals surface area contributed by atoms with Crippen LogP contribution in [0.2, 0.25) is 0 Å². The molecule has 176 valence electrons. The minimum atomic E-state index is -0.830. The SMILES string of the molecule is Cc1cccc(NC(=O)[C@H](C)n2nc(C)c3nn(-c4ccccc4)c(-n4cccc4)c3c2=O)c1C. The number of aromatic nitrogens is 5. The van der Waals surface area contributed by atoms with E-state index in [9.17, 15) is 9.59 Å². The molecule has 3 heterocycles. The van der Waals surface area contributed by atoms with Gasteiger partial charge in [-0.25, -0.2) is 9.36 Å². The van der Waals surface area contributed by atoms with E-state index in [1.54, 1.807) is 18.5 Å². The minimum Gasteiger partial charge on any atom is -0.324 e.